The van der Waals surface area contributed by atoms with Gasteiger partial charge in [-0.2, -0.15) is 0 Å². The molecule has 2 fully saturated rings. The summed E-state index contributed by atoms with van der Waals surface area (Å²) < 4.78 is 5.19. The van der Waals surface area contributed by atoms with Gasteiger partial charge in [0.2, 0.25) is 11.8 Å². The second-order valence-corrected chi connectivity index (χ2v) is 6.81. The predicted octanol–water partition coefficient (Wildman–Crippen LogP) is 2.49. The highest BCUT2D eigenvalue weighted by molar-refractivity contribution is 5.89. The van der Waals surface area contributed by atoms with Gasteiger partial charge in [-0.25, -0.2) is 0 Å². The van der Waals surface area contributed by atoms with Gasteiger partial charge < -0.3 is 15.0 Å². The Balaban J connectivity index is 1.52. The fourth-order valence-corrected chi connectivity index (χ4v) is 3.77. The predicted molar refractivity (Wildman–Crippen MR) is 91.5 cm³/mol. The molecule has 1 N–H and O–H groups in total. The zero-order valence-corrected chi connectivity index (χ0v) is 14.3. The molecule has 1 saturated carbocycles. The number of carbonyl (C=O) groups is 2. The lowest BCUT2D eigenvalue weighted by Crippen LogP contribution is -2.39. The summed E-state index contributed by atoms with van der Waals surface area (Å²) >= 11 is 0. The molecule has 1 aromatic rings. The zero-order valence-electron chi connectivity index (χ0n) is 14.3. The molecule has 1 atom stereocenters. The molecule has 0 unspecified atom stereocenters. The van der Waals surface area contributed by atoms with E-state index in [9.17, 15) is 9.59 Å². The van der Waals surface area contributed by atoms with Crippen molar-refractivity contribution in [2.24, 2.45) is 5.92 Å². The minimum absolute atomic E-state index is 0.0236. The van der Waals surface area contributed by atoms with Crippen molar-refractivity contribution < 1.29 is 14.3 Å². The molecule has 0 aromatic heterocycles. The Morgan fingerprint density at radius 1 is 1.29 bits per heavy atom. The summed E-state index contributed by atoms with van der Waals surface area (Å²) in [7, 11) is 1.63. The third-order valence-electron chi connectivity index (χ3n) is 5.15. The summed E-state index contributed by atoms with van der Waals surface area (Å²) in [6.45, 7) is 1.04. The average Bonchev–Trinajstić information content (AvgIpc) is 3.02. The van der Waals surface area contributed by atoms with Gasteiger partial charge in [0.1, 0.15) is 5.75 Å². The van der Waals surface area contributed by atoms with Crippen molar-refractivity contribution in [1.29, 1.82) is 0 Å². The van der Waals surface area contributed by atoms with Crippen LogP contribution < -0.4 is 10.1 Å². The average molecular weight is 330 g/mol. The maximum Gasteiger partial charge on any atom is 0.225 e. The van der Waals surface area contributed by atoms with E-state index in [4.69, 9.17) is 4.74 Å². The SMILES string of the molecule is COc1cccc(CNC(=O)[C@@H]2CC(=O)N(C3CCCCC3)C2)c1. The number of ether oxygens (including phenoxy) is 1. The molecule has 0 spiro atoms. The fraction of sp³-hybridized carbons (Fsp3) is 0.579. The lowest BCUT2D eigenvalue weighted by Gasteiger charge is -2.31. The minimum atomic E-state index is -0.218. The molecule has 3 rings (SSSR count). The Morgan fingerprint density at radius 3 is 2.83 bits per heavy atom. The van der Waals surface area contributed by atoms with Crippen molar-refractivity contribution in [3.63, 3.8) is 0 Å². The third-order valence-corrected chi connectivity index (χ3v) is 5.15. The van der Waals surface area contributed by atoms with E-state index in [0.717, 1.165) is 24.2 Å². The van der Waals surface area contributed by atoms with E-state index in [2.05, 4.69) is 5.32 Å². The van der Waals surface area contributed by atoms with Gasteiger partial charge >= 0.3 is 0 Å². The molecule has 130 valence electrons. The van der Waals surface area contributed by atoms with Crippen LogP contribution in [-0.4, -0.2) is 36.4 Å². The van der Waals surface area contributed by atoms with E-state index >= 15 is 0 Å². The molecular formula is C19H26N2O3. The molecule has 1 aliphatic carbocycles. The van der Waals surface area contributed by atoms with Crippen LogP contribution in [0.2, 0.25) is 0 Å². The van der Waals surface area contributed by atoms with Crippen molar-refractivity contribution >= 4 is 11.8 Å². The summed E-state index contributed by atoms with van der Waals surface area (Å²) in [6, 6.07) is 8.00. The molecule has 0 radical (unpaired) electrons. The second kappa shape index (κ2) is 7.69. The molecule has 24 heavy (non-hydrogen) atoms. The van der Waals surface area contributed by atoms with Gasteiger partial charge in [0.25, 0.3) is 0 Å². The number of nitrogens with zero attached hydrogens (tertiary/aromatic N) is 1. The minimum Gasteiger partial charge on any atom is -0.497 e. The number of amides is 2. The second-order valence-electron chi connectivity index (χ2n) is 6.81. The van der Waals surface area contributed by atoms with Gasteiger partial charge in [-0.15, -0.1) is 0 Å². The lowest BCUT2D eigenvalue weighted by molar-refractivity contribution is -0.130. The van der Waals surface area contributed by atoms with E-state index < -0.39 is 0 Å². The zero-order chi connectivity index (χ0) is 16.9. The standard InChI is InChI=1S/C19H26N2O3/c1-24-17-9-5-6-14(10-17)12-20-19(23)15-11-18(22)21(13-15)16-7-3-2-4-8-16/h5-6,9-10,15-16H,2-4,7-8,11-13H2,1H3,(H,20,23)/t15-/m1/s1. The van der Waals surface area contributed by atoms with Crippen LogP contribution in [0.3, 0.4) is 0 Å². The first-order chi connectivity index (χ1) is 11.7. The summed E-state index contributed by atoms with van der Waals surface area (Å²) in [5, 5.41) is 2.96. The van der Waals surface area contributed by atoms with E-state index in [1.54, 1.807) is 7.11 Å². The first kappa shape index (κ1) is 16.8. The Kier molecular flexibility index (Phi) is 5.38. The first-order valence-electron chi connectivity index (χ1n) is 8.87. The molecule has 2 amide bonds. The van der Waals surface area contributed by atoms with Gasteiger partial charge in [-0.3, -0.25) is 9.59 Å². The van der Waals surface area contributed by atoms with E-state index in [1.165, 1.54) is 19.3 Å². The van der Waals surface area contributed by atoms with Gasteiger partial charge in [0.05, 0.1) is 13.0 Å². The van der Waals surface area contributed by atoms with Crippen molar-refractivity contribution in [2.75, 3.05) is 13.7 Å². The quantitative estimate of drug-likeness (QED) is 0.902. The van der Waals surface area contributed by atoms with Crippen LogP contribution in [0.25, 0.3) is 0 Å². The van der Waals surface area contributed by atoms with Crippen molar-refractivity contribution in [3.05, 3.63) is 29.8 Å². The first-order valence-corrected chi connectivity index (χ1v) is 8.87. The molecule has 1 aromatic carbocycles. The summed E-state index contributed by atoms with van der Waals surface area (Å²) in [5.41, 5.74) is 0.996. The van der Waals surface area contributed by atoms with Crippen LogP contribution in [0.5, 0.6) is 5.75 Å². The van der Waals surface area contributed by atoms with E-state index in [-0.39, 0.29) is 17.7 Å². The maximum atomic E-state index is 12.4. The number of hydrogen-bond acceptors (Lipinski definition) is 3. The molecule has 2 aliphatic rings. The molecule has 0 bridgehead atoms. The van der Waals surface area contributed by atoms with Crippen molar-refractivity contribution in [3.8, 4) is 5.75 Å². The van der Waals surface area contributed by atoms with Gasteiger partial charge in [-0.05, 0) is 30.5 Å². The van der Waals surface area contributed by atoms with E-state index in [0.29, 0.717) is 25.6 Å². The van der Waals surface area contributed by atoms with E-state index in [1.807, 2.05) is 29.2 Å². The number of rotatable bonds is 5. The topological polar surface area (TPSA) is 58.6 Å². The van der Waals surface area contributed by atoms with Crippen molar-refractivity contribution in [2.45, 2.75) is 51.1 Å². The van der Waals surface area contributed by atoms with Crippen molar-refractivity contribution in [1.82, 2.24) is 10.2 Å². The molecule has 1 aliphatic heterocycles. The van der Waals surface area contributed by atoms with Crippen LogP contribution in [0.4, 0.5) is 0 Å². The fourth-order valence-electron chi connectivity index (χ4n) is 3.77. The van der Waals surface area contributed by atoms with Gasteiger partial charge in [0.15, 0.2) is 0 Å². The molecular weight excluding hydrogens is 304 g/mol. The molecule has 5 nitrogen and oxygen atoms in total. The number of hydrogen-bond donors (Lipinski definition) is 1. The number of carbonyl (C=O) groups excluding carboxylic acids is 2. The Hall–Kier alpha value is -2.04. The normalized spacial score (nSPS) is 21.8. The highest BCUT2D eigenvalue weighted by Gasteiger charge is 2.37. The lowest BCUT2D eigenvalue weighted by atomic mass is 9.94. The summed E-state index contributed by atoms with van der Waals surface area (Å²) in [5.74, 6) is 0.680. The Morgan fingerprint density at radius 2 is 2.08 bits per heavy atom. The van der Waals surface area contributed by atoms with Crippen LogP contribution >= 0.6 is 0 Å². The Labute approximate surface area is 143 Å². The van der Waals surface area contributed by atoms with Crippen LogP contribution in [0.1, 0.15) is 44.1 Å². The number of benzene rings is 1. The maximum absolute atomic E-state index is 12.4. The summed E-state index contributed by atoms with van der Waals surface area (Å²) in [6.07, 6.45) is 6.18. The number of nitrogens with one attached hydrogen (secondary N) is 1. The molecule has 1 saturated heterocycles. The van der Waals surface area contributed by atoms with Gasteiger partial charge in [-0.1, -0.05) is 31.4 Å². The van der Waals surface area contributed by atoms with Crippen LogP contribution in [0, 0.1) is 5.92 Å². The largest absolute Gasteiger partial charge is 0.497 e. The highest BCUT2D eigenvalue weighted by atomic mass is 16.5. The highest BCUT2D eigenvalue weighted by Crippen LogP contribution is 2.28. The van der Waals surface area contributed by atoms with Gasteiger partial charge in [0, 0.05) is 25.6 Å². The monoisotopic (exact) mass is 330 g/mol. The molecule has 5 heteroatoms. The summed E-state index contributed by atoms with van der Waals surface area (Å²) in [4.78, 5) is 26.7. The smallest absolute Gasteiger partial charge is 0.225 e. The Bertz CT molecular complexity index is 596. The van der Waals surface area contributed by atoms with Crippen LogP contribution in [-0.2, 0) is 16.1 Å². The molecule has 1 heterocycles. The third kappa shape index (κ3) is 3.89. The number of methoxy groups -OCH3 is 1. The number of likely N-dealkylation sites (tertiary alicyclic amines) is 1. The van der Waals surface area contributed by atoms with Crippen LogP contribution in [0.15, 0.2) is 24.3 Å².